The number of carbonyl (C=O) groups is 3. The van der Waals surface area contributed by atoms with E-state index in [1.54, 1.807) is 0 Å². The van der Waals surface area contributed by atoms with E-state index in [4.69, 9.17) is 9.47 Å². The number of hydrogen-bond donors (Lipinski definition) is 1. The summed E-state index contributed by atoms with van der Waals surface area (Å²) in [6, 6.07) is 34.5. The van der Waals surface area contributed by atoms with Crippen LogP contribution in [0.5, 0.6) is 11.5 Å². The fraction of sp³-hybridized carbons (Fsp3) is 0.438. The summed E-state index contributed by atoms with van der Waals surface area (Å²) in [5, 5.41) is 10.3. The number of amides is 1. The monoisotopic (exact) mass is 752 g/mol. The summed E-state index contributed by atoms with van der Waals surface area (Å²) in [5.74, 6) is 1.54. The number of ketones is 1. The van der Waals surface area contributed by atoms with Crippen molar-refractivity contribution in [1.29, 1.82) is 0 Å². The number of aliphatic hydroxyl groups is 1. The molecule has 1 N–H and O–H groups in total. The van der Waals surface area contributed by atoms with E-state index in [1.165, 1.54) is 18.1 Å². The average Bonchev–Trinajstić information content (AvgIpc) is 3.80. The Morgan fingerprint density at radius 2 is 1.55 bits per heavy atom. The SMILES string of the molecule is CC(=O)Oc1ccc2c3c1O[C@H]1[C@H](N(CC(c4ccccc4)c4ccccc4)C(=O)CCCCC(=O)c4ccccc4)CC[C@H]4[C@@H](C2)N(CC2CC2O)CC[C@@]341. The Kier molecular flexibility index (Phi) is 10.0. The zero-order valence-corrected chi connectivity index (χ0v) is 32.2. The number of ether oxygens (including phenoxy) is 2. The van der Waals surface area contributed by atoms with Crippen LogP contribution in [0, 0.1) is 11.8 Å². The third-order valence-electron chi connectivity index (χ3n) is 13.6. The van der Waals surface area contributed by atoms with Crippen molar-refractivity contribution in [1.82, 2.24) is 9.80 Å². The lowest BCUT2D eigenvalue weighted by atomic mass is 9.51. The molecule has 290 valence electrons. The van der Waals surface area contributed by atoms with Crippen LogP contribution in [-0.2, 0) is 21.4 Å². The quantitative estimate of drug-likeness (QED) is 0.0617. The highest BCUT2D eigenvalue weighted by atomic mass is 16.6. The largest absolute Gasteiger partial charge is 0.483 e. The first kappa shape index (κ1) is 36.8. The molecule has 1 saturated heterocycles. The molecule has 1 amide bonds. The van der Waals surface area contributed by atoms with Crippen molar-refractivity contribution in [3.8, 4) is 11.5 Å². The molecule has 2 saturated carbocycles. The molecule has 3 fully saturated rings. The van der Waals surface area contributed by atoms with Crippen LogP contribution in [0.2, 0.25) is 0 Å². The Bertz CT molecular complexity index is 2030. The summed E-state index contributed by atoms with van der Waals surface area (Å²) < 4.78 is 13.1. The molecule has 4 aromatic rings. The first-order valence-electron chi connectivity index (χ1n) is 20.7. The van der Waals surface area contributed by atoms with E-state index in [-0.39, 0.29) is 47.2 Å². The van der Waals surface area contributed by atoms with Crippen molar-refractivity contribution in [3.05, 3.63) is 131 Å². The van der Waals surface area contributed by atoms with Crippen LogP contribution >= 0.6 is 0 Å². The summed E-state index contributed by atoms with van der Waals surface area (Å²) in [4.78, 5) is 45.1. The van der Waals surface area contributed by atoms with Crippen molar-refractivity contribution >= 4 is 17.7 Å². The van der Waals surface area contributed by atoms with Crippen molar-refractivity contribution in [3.63, 3.8) is 0 Å². The van der Waals surface area contributed by atoms with Gasteiger partial charge in [0.05, 0.1) is 12.1 Å². The van der Waals surface area contributed by atoms with Crippen molar-refractivity contribution < 1.29 is 29.0 Å². The number of piperidine rings is 1. The lowest BCUT2D eigenvalue weighted by Gasteiger charge is -2.60. The van der Waals surface area contributed by atoms with Crippen LogP contribution in [-0.4, -0.2) is 76.5 Å². The standard InChI is InChI=1S/C48H52N2O6/c1-31(51)55-43-24-21-35-27-40-38-22-23-39(47-48(38,45(35)46(43)56-47)25-26-49(40)29-36-28-42(36)53)50(44(54)20-12-11-19-41(52)34-17-9-4-10-18-34)30-37(32-13-5-2-6-14-32)33-15-7-3-8-16-33/h2-10,13-18,21,24,36-40,42,47,53H,11-12,19-20,22-23,25-30H2,1H3/t36?,38-,39+,40+,42?,47-,48-/m0/s1. The lowest BCUT2D eigenvalue weighted by molar-refractivity contribution is -0.143. The zero-order valence-electron chi connectivity index (χ0n) is 32.2. The molecular weight excluding hydrogens is 701 g/mol. The molecule has 7 atom stereocenters. The van der Waals surface area contributed by atoms with Gasteiger partial charge in [-0.2, -0.15) is 0 Å². The lowest BCUT2D eigenvalue weighted by Crippen LogP contribution is -2.69. The van der Waals surface area contributed by atoms with Gasteiger partial charge in [0.1, 0.15) is 6.10 Å². The van der Waals surface area contributed by atoms with Gasteiger partial charge in [-0.25, -0.2) is 0 Å². The molecule has 56 heavy (non-hydrogen) atoms. The predicted octanol–water partition coefficient (Wildman–Crippen LogP) is 7.50. The number of likely N-dealkylation sites (tertiary alicyclic amines) is 1. The van der Waals surface area contributed by atoms with Gasteiger partial charge in [-0.15, -0.1) is 0 Å². The van der Waals surface area contributed by atoms with Crippen molar-refractivity contribution in [2.45, 2.75) is 100 Å². The number of Topliss-reactive ketones (excluding diaryl/α,β-unsaturated/α-hetero) is 1. The molecule has 5 aliphatic rings. The molecule has 9 rings (SSSR count). The van der Waals surface area contributed by atoms with Gasteiger partial charge in [0, 0.05) is 67.3 Å². The van der Waals surface area contributed by atoms with Gasteiger partial charge in [-0.05, 0) is 80.2 Å². The van der Waals surface area contributed by atoms with Crippen molar-refractivity contribution in [2.75, 3.05) is 19.6 Å². The van der Waals surface area contributed by atoms with E-state index >= 15 is 0 Å². The Morgan fingerprint density at radius 1 is 0.893 bits per heavy atom. The number of unbranched alkanes of at least 4 members (excludes halogenated alkanes) is 1. The van der Waals surface area contributed by atoms with Gasteiger partial charge >= 0.3 is 5.97 Å². The van der Waals surface area contributed by atoms with Gasteiger partial charge in [0.15, 0.2) is 17.3 Å². The van der Waals surface area contributed by atoms with E-state index in [9.17, 15) is 19.5 Å². The number of rotatable bonds is 14. The fourth-order valence-corrected chi connectivity index (χ4v) is 11.0. The molecule has 2 bridgehead atoms. The van der Waals surface area contributed by atoms with E-state index in [0.29, 0.717) is 67.2 Å². The molecule has 8 nitrogen and oxygen atoms in total. The van der Waals surface area contributed by atoms with E-state index < -0.39 is 0 Å². The number of aliphatic hydroxyl groups excluding tert-OH is 1. The highest BCUT2D eigenvalue weighted by Gasteiger charge is 2.67. The maximum Gasteiger partial charge on any atom is 0.308 e. The number of nitrogens with zero attached hydrogens (tertiary/aromatic N) is 2. The molecule has 2 aliphatic heterocycles. The number of esters is 1. The minimum atomic E-state index is -0.382. The predicted molar refractivity (Wildman–Crippen MR) is 214 cm³/mol. The first-order chi connectivity index (χ1) is 27.3. The highest BCUT2D eigenvalue weighted by molar-refractivity contribution is 5.96. The van der Waals surface area contributed by atoms with Crippen LogP contribution in [0.15, 0.2) is 103 Å². The Morgan fingerprint density at radius 3 is 2.21 bits per heavy atom. The second kappa shape index (κ2) is 15.3. The summed E-state index contributed by atoms with van der Waals surface area (Å²) >= 11 is 0. The van der Waals surface area contributed by atoms with Gasteiger partial charge in [0.2, 0.25) is 5.91 Å². The highest BCUT2D eigenvalue weighted by Crippen LogP contribution is 2.64. The van der Waals surface area contributed by atoms with Crippen LogP contribution in [0.3, 0.4) is 0 Å². The molecular formula is C48H52N2O6. The summed E-state index contributed by atoms with van der Waals surface area (Å²) in [7, 11) is 0. The number of carbonyl (C=O) groups excluding carboxylic acids is 3. The second-order valence-electron chi connectivity index (χ2n) is 16.8. The summed E-state index contributed by atoms with van der Waals surface area (Å²) in [5.41, 5.74) is 5.11. The molecule has 0 radical (unpaired) electrons. The Labute approximate surface area is 329 Å². The third kappa shape index (κ3) is 6.75. The topological polar surface area (TPSA) is 96.4 Å². The van der Waals surface area contributed by atoms with Crippen LogP contribution in [0.4, 0.5) is 0 Å². The molecule has 2 heterocycles. The molecule has 2 unspecified atom stereocenters. The zero-order chi connectivity index (χ0) is 38.4. The molecule has 3 aliphatic carbocycles. The first-order valence-corrected chi connectivity index (χ1v) is 20.7. The van der Waals surface area contributed by atoms with Crippen LogP contribution in [0.1, 0.15) is 96.8 Å². The smallest absolute Gasteiger partial charge is 0.308 e. The van der Waals surface area contributed by atoms with Crippen molar-refractivity contribution in [2.24, 2.45) is 11.8 Å². The average molecular weight is 753 g/mol. The second-order valence-corrected chi connectivity index (χ2v) is 16.8. The van der Waals surface area contributed by atoms with E-state index in [2.05, 4.69) is 64.4 Å². The molecule has 1 spiro atoms. The number of benzene rings is 4. The Hall–Kier alpha value is -4.79. The van der Waals surface area contributed by atoms with Gasteiger partial charge in [-0.3, -0.25) is 19.3 Å². The summed E-state index contributed by atoms with van der Waals surface area (Å²) in [6.07, 6.45) is 5.90. The van der Waals surface area contributed by atoms with Crippen LogP contribution < -0.4 is 9.47 Å². The molecule has 8 heteroatoms. The normalized spacial score (nSPS) is 26.9. The van der Waals surface area contributed by atoms with E-state index in [1.807, 2.05) is 48.5 Å². The maximum atomic E-state index is 15.0. The number of hydrogen-bond acceptors (Lipinski definition) is 7. The van der Waals surface area contributed by atoms with Gasteiger partial charge < -0.3 is 19.5 Å². The third-order valence-corrected chi connectivity index (χ3v) is 13.6. The Balaban J connectivity index is 1.07. The fourth-order valence-electron chi connectivity index (χ4n) is 11.0. The maximum absolute atomic E-state index is 15.0. The molecule has 0 aromatic heterocycles. The minimum absolute atomic E-state index is 0.0573. The molecule has 4 aromatic carbocycles. The summed E-state index contributed by atoms with van der Waals surface area (Å²) in [6.45, 7) is 3.73. The minimum Gasteiger partial charge on any atom is -0.483 e. The van der Waals surface area contributed by atoms with Gasteiger partial charge in [0.25, 0.3) is 0 Å². The van der Waals surface area contributed by atoms with E-state index in [0.717, 1.165) is 56.3 Å². The van der Waals surface area contributed by atoms with Crippen LogP contribution in [0.25, 0.3) is 0 Å². The van der Waals surface area contributed by atoms with Gasteiger partial charge in [-0.1, -0.05) is 97.1 Å².